The van der Waals surface area contributed by atoms with E-state index in [1.165, 1.54) is 12.3 Å². The third-order valence-electron chi connectivity index (χ3n) is 6.76. The lowest BCUT2D eigenvalue weighted by atomic mass is 10.0. The first kappa shape index (κ1) is 25.2. The van der Waals surface area contributed by atoms with E-state index in [-0.39, 0.29) is 6.03 Å². The second-order valence-electron chi connectivity index (χ2n) is 9.06. The van der Waals surface area contributed by atoms with Gasteiger partial charge >= 0.3 is 12.2 Å². The maximum Gasteiger partial charge on any atom is 0.433 e. The van der Waals surface area contributed by atoms with Crippen molar-refractivity contribution in [1.29, 1.82) is 0 Å². The number of hydrogen-bond acceptors (Lipinski definition) is 5. The third kappa shape index (κ3) is 6.64. The second kappa shape index (κ2) is 11.3. The minimum Gasteiger partial charge on any atom is -0.495 e. The molecule has 7 nitrogen and oxygen atoms in total. The summed E-state index contributed by atoms with van der Waals surface area (Å²) in [5, 5.41) is 2.96. The molecule has 0 atom stereocenters. The number of pyridine rings is 1. The molecule has 4 rings (SSSR count). The number of aromatic nitrogens is 1. The summed E-state index contributed by atoms with van der Waals surface area (Å²) >= 11 is 0. The molecule has 2 amide bonds. The minimum atomic E-state index is -4.41. The minimum absolute atomic E-state index is 0.115. The number of anilines is 1. The van der Waals surface area contributed by atoms with Gasteiger partial charge in [-0.1, -0.05) is 18.2 Å². The number of para-hydroxylation sites is 2. The Bertz CT molecular complexity index is 978. The normalized spacial score (nSPS) is 18.8. The van der Waals surface area contributed by atoms with Crippen LogP contribution in [0, 0.1) is 0 Å². The van der Waals surface area contributed by atoms with Crippen LogP contribution >= 0.6 is 0 Å². The zero-order valence-corrected chi connectivity index (χ0v) is 19.9. The first-order valence-electron chi connectivity index (χ1n) is 12.0. The number of methoxy groups -OCH3 is 1. The number of piperidine rings is 1. The molecule has 0 bridgehead atoms. The van der Waals surface area contributed by atoms with Crippen LogP contribution in [0.1, 0.15) is 30.5 Å². The Morgan fingerprint density at radius 3 is 2.51 bits per heavy atom. The van der Waals surface area contributed by atoms with Gasteiger partial charge in [0, 0.05) is 45.0 Å². The number of ether oxygens (including phenoxy) is 1. The smallest absolute Gasteiger partial charge is 0.433 e. The molecule has 0 radical (unpaired) electrons. The standard InChI is InChI=1S/C25H32F3N5O2/c1-35-22-6-3-2-5-21(22)30-24(34)33-12-4-11-32(15-16-33)20-9-13-31(14-10-20)18-19-7-8-23(29-17-19)25(26,27)28/h2-3,5-8,17,20H,4,9-16,18H2,1H3,(H,30,34). The van der Waals surface area contributed by atoms with Gasteiger partial charge in [-0.3, -0.25) is 14.8 Å². The fraction of sp³-hybridized carbons (Fsp3) is 0.520. The van der Waals surface area contributed by atoms with Crippen LogP contribution in [-0.2, 0) is 12.7 Å². The molecule has 0 aliphatic carbocycles. The van der Waals surface area contributed by atoms with Crippen LogP contribution in [0.2, 0.25) is 0 Å². The van der Waals surface area contributed by atoms with Gasteiger partial charge in [0.15, 0.2) is 0 Å². The summed E-state index contributed by atoms with van der Waals surface area (Å²) < 4.78 is 43.5. The van der Waals surface area contributed by atoms with E-state index in [1.807, 2.05) is 29.2 Å². The molecule has 0 unspecified atom stereocenters. The van der Waals surface area contributed by atoms with Crippen LogP contribution in [0.15, 0.2) is 42.6 Å². The zero-order chi connectivity index (χ0) is 24.8. The predicted octanol–water partition coefficient (Wildman–Crippen LogP) is 4.31. The molecule has 0 spiro atoms. The second-order valence-corrected chi connectivity index (χ2v) is 9.06. The van der Waals surface area contributed by atoms with Crippen molar-refractivity contribution in [1.82, 2.24) is 19.7 Å². The van der Waals surface area contributed by atoms with Crippen molar-refractivity contribution in [2.24, 2.45) is 0 Å². The van der Waals surface area contributed by atoms with Crippen LogP contribution in [0.4, 0.5) is 23.7 Å². The van der Waals surface area contributed by atoms with Crippen molar-refractivity contribution in [3.63, 3.8) is 0 Å². The summed E-state index contributed by atoms with van der Waals surface area (Å²) in [5.74, 6) is 0.635. The number of alkyl halides is 3. The maximum atomic E-state index is 12.8. The number of nitrogens with zero attached hydrogens (tertiary/aromatic N) is 4. The molecule has 2 aromatic rings. The molecular weight excluding hydrogens is 459 g/mol. The Morgan fingerprint density at radius 1 is 1.06 bits per heavy atom. The lowest BCUT2D eigenvalue weighted by molar-refractivity contribution is -0.141. The number of nitrogens with one attached hydrogen (secondary N) is 1. The summed E-state index contributed by atoms with van der Waals surface area (Å²) in [5.41, 5.74) is 0.603. The Labute approximate surface area is 203 Å². The van der Waals surface area contributed by atoms with E-state index in [4.69, 9.17) is 4.74 Å². The van der Waals surface area contributed by atoms with Crippen molar-refractivity contribution in [2.45, 2.75) is 38.0 Å². The number of likely N-dealkylation sites (tertiary alicyclic amines) is 1. The largest absolute Gasteiger partial charge is 0.495 e. The molecule has 0 saturated carbocycles. The highest BCUT2D eigenvalue weighted by Gasteiger charge is 2.32. The highest BCUT2D eigenvalue weighted by atomic mass is 19.4. The van der Waals surface area contributed by atoms with Gasteiger partial charge < -0.3 is 15.0 Å². The molecule has 35 heavy (non-hydrogen) atoms. The molecule has 10 heteroatoms. The monoisotopic (exact) mass is 491 g/mol. The molecule has 190 valence electrons. The molecule has 2 fully saturated rings. The topological polar surface area (TPSA) is 60.9 Å². The summed E-state index contributed by atoms with van der Waals surface area (Å²) in [6.45, 7) is 5.53. The van der Waals surface area contributed by atoms with Crippen LogP contribution in [-0.4, -0.2) is 78.1 Å². The van der Waals surface area contributed by atoms with E-state index in [0.29, 0.717) is 37.1 Å². The van der Waals surface area contributed by atoms with E-state index in [9.17, 15) is 18.0 Å². The number of amides is 2. The van der Waals surface area contributed by atoms with E-state index in [2.05, 4.69) is 20.1 Å². The van der Waals surface area contributed by atoms with Gasteiger partial charge in [0.2, 0.25) is 0 Å². The number of urea groups is 1. The van der Waals surface area contributed by atoms with Gasteiger partial charge in [-0.15, -0.1) is 0 Å². The van der Waals surface area contributed by atoms with Gasteiger partial charge in [0.1, 0.15) is 11.4 Å². The van der Waals surface area contributed by atoms with E-state index in [0.717, 1.165) is 57.1 Å². The Hall–Kier alpha value is -2.85. The average molecular weight is 492 g/mol. The quantitative estimate of drug-likeness (QED) is 0.676. The molecule has 2 aliphatic heterocycles. The Kier molecular flexibility index (Phi) is 8.12. The molecule has 1 N–H and O–H groups in total. The first-order chi connectivity index (χ1) is 16.8. The van der Waals surface area contributed by atoms with E-state index in [1.54, 1.807) is 7.11 Å². The van der Waals surface area contributed by atoms with Gasteiger partial charge in [0.25, 0.3) is 0 Å². The average Bonchev–Trinajstić information content (AvgIpc) is 3.11. The molecule has 1 aromatic carbocycles. The van der Waals surface area contributed by atoms with E-state index >= 15 is 0 Å². The number of halogens is 3. The van der Waals surface area contributed by atoms with Gasteiger partial charge in [-0.05, 0) is 56.1 Å². The SMILES string of the molecule is COc1ccccc1NC(=O)N1CCCN(C2CCN(Cc3ccc(C(F)(F)F)nc3)CC2)CC1. The van der Waals surface area contributed by atoms with Crippen molar-refractivity contribution in [2.75, 3.05) is 51.7 Å². The summed E-state index contributed by atoms with van der Waals surface area (Å²) in [6.07, 6.45) is -0.164. The van der Waals surface area contributed by atoms with Crippen LogP contribution in [0.25, 0.3) is 0 Å². The van der Waals surface area contributed by atoms with Crippen molar-refractivity contribution in [3.8, 4) is 5.75 Å². The number of carbonyl (C=O) groups is 1. The van der Waals surface area contributed by atoms with Gasteiger partial charge in [-0.2, -0.15) is 13.2 Å². The van der Waals surface area contributed by atoms with Crippen molar-refractivity contribution >= 4 is 11.7 Å². The van der Waals surface area contributed by atoms with Crippen LogP contribution in [0.5, 0.6) is 5.75 Å². The number of rotatable bonds is 5. The van der Waals surface area contributed by atoms with Crippen molar-refractivity contribution in [3.05, 3.63) is 53.9 Å². The third-order valence-corrected chi connectivity index (χ3v) is 6.76. The van der Waals surface area contributed by atoms with E-state index < -0.39 is 11.9 Å². The molecule has 1 aromatic heterocycles. The number of carbonyl (C=O) groups excluding carboxylic acids is 1. The molecule has 2 aliphatic rings. The predicted molar refractivity (Wildman–Crippen MR) is 127 cm³/mol. The fourth-order valence-electron chi connectivity index (χ4n) is 4.83. The highest BCUT2D eigenvalue weighted by Crippen LogP contribution is 2.28. The summed E-state index contributed by atoms with van der Waals surface area (Å²) in [7, 11) is 1.58. The molecule has 2 saturated heterocycles. The fourth-order valence-corrected chi connectivity index (χ4v) is 4.83. The lowest BCUT2D eigenvalue weighted by Gasteiger charge is -2.38. The Balaban J connectivity index is 1.24. The van der Waals surface area contributed by atoms with Crippen LogP contribution < -0.4 is 10.1 Å². The number of hydrogen-bond donors (Lipinski definition) is 1. The van der Waals surface area contributed by atoms with Crippen LogP contribution in [0.3, 0.4) is 0 Å². The first-order valence-corrected chi connectivity index (χ1v) is 12.0. The zero-order valence-electron chi connectivity index (χ0n) is 19.9. The lowest BCUT2D eigenvalue weighted by Crippen LogP contribution is -2.46. The number of benzene rings is 1. The van der Waals surface area contributed by atoms with Gasteiger partial charge in [0.05, 0.1) is 12.8 Å². The molecule has 3 heterocycles. The summed E-state index contributed by atoms with van der Waals surface area (Å²) in [4.78, 5) is 23.0. The maximum absolute atomic E-state index is 12.8. The van der Waals surface area contributed by atoms with Gasteiger partial charge in [-0.25, -0.2) is 4.79 Å². The summed E-state index contributed by atoms with van der Waals surface area (Å²) in [6, 6.07) is 10.3. The Morgan fingerprint density at radius 2 is 1.83 bits per heavy atom. The highest BCUT2D eigenvalue weighted by molar-refractivity contribution is 5.91. The van der Waals surface area contributed by atoms with Crippen molar-refractivity contribution < 1.29 is 22.7 Å². The molecular formula is C25H32F3N5O2.